The van der Waals surface area contributed by atoms with E-state index in [0.29, 0.717) is 127 Å². The van der Waals surface area contributed by atoms with Crippen molar-refractivity contribution in [3.63, 3.8) is 0 Å². The molecule has 29 nitrogen and oxygen atoms in total. The van der Waals surface area contributed by atoms with Crippen molar-refractivity contribution >= 4 is 125 Å². The Bertz CT molecular complexity index is 7300. The molecule has 0 bridgehead atoms. The number of rotatable bonds is 26. The highest BCUT2D eigenvalue weighted by atomic mass is 35.5. The molecule has 0 radical (unpaired) electrons. The summed E-state index contributed by atoms with van der Waals surface area (Å²) in [7, 11) is 1.43. The number of aromatic amines is 5. The molecule has 10 amide bonds. The fraction of sp³-hybridized carbons (Fsp3) is 0.266. The maximum absolute atomic E-state index is 14.2. The standard InChI is InChI=1S/C22H21F2N3O4.C22H21F2N3O3.2C22H21F2N3O2.C21H18ClF2N3O3/c1-31-17-9-13(24)8-15-14(6-7-18(29)26-21-16(28)10-25-22(21)30)19(27-20(15)17)11-2-4-12(23)5-3-11;1-11-8-14(24)9-16-15(6-7-18(29)26-21-17(28)10-25-22(21)30)20(27-19(11)16)12-2-4-13(23)5-3-12;2*1-12-10-15(24)11-17-16(6-7-19(28)26-18-8-9-25-22(18)29)21(27-20(12)17)13-2-4-14(23)5-3-13;22-15-8-12(24)7-14-13(5-6-17(29)26-20-16(28)9-25-21(20)30)18(27-19(14)15)10-1-3-11(23)4-2-10/h2-5,8-9,16,21,27-28H,6-7,10H2,1H3,(H,25,30)(H,26,29);2-5,8-9,17,21,27-28H,6-7,10H2,1H3,(H,25,30)(H,26,29);2*2-5,10-11,18,27H,6-9H2,1H3,(H,25,29)(H,26,28);1-4,7-8,16,20,27-28H,5-6,9H2,(H,25,30)(H,26,29)/t16-,21+;17-,21+;2*18-;16-,20+/m11001/s1. The first kappa shape index (κ1) is 106. The van der Waals surface area contributed by atoms with Crippen LogP contribution in [-0.4, -0.2) is 188 Å². The van der Waals surface area contributed by atoms with E-state index < -0.39 is 107 Å². The Hall–Kier alpha value is -16.1. The molecule has 774 valence electrons. The molecule has 0 unspecified atom stereocenters. The Labute approximate surface area is 848 Å². The number of amides is 10. The molecule has 5 aromatic heterocycles. The number of halogens is 11. The minimum Gasteiger partial charge on any atom is -0.494 e. The average Bonchev–Trinajstić information content (AvgIpc) is 1.64. The van der Waals surface area contributed by atoms with Gasteiger partial charge in [0, 0.05) is 143 Å². The fourth-order valence-electron chi connectivity index (χ4n) is 19.0. The zero-order chi connectivity index (χ0) is 106. The minimum atomic E-state index is -0.996. The number of benzene rings is 10. The van der Waals surface area contributed by atoms with E-state index in [0.717, 1.165) is 72.4 Å². The monoisotopic (exact) mass is 2070 g/mol. The smallest absolute Gasteiger partial charge is 0.245 e. The number of aromatic nitrogens is 5. The molecule has 10 aromatic carbocycles. The van der Waals surface area contributed by atoms with Gasteiger partial charge >= 0.3 is 0 Å². The summed E-state index contributed by atoms with van der Waals surface area (Å²) in [5, 5.41) is 58.6. The molecule has 40 heteroatoms. The number of aliphatic hydroxyl groups is 3. The molecule has 5 saturated heterocycles. The first-order valence-corrected chi connectivity index (χ1v) is 48.2. The van der Waals surface area contributed by atoms with Crippen LogP contribution in [0.4, 0.5) is 43.9 Å². The van der Waals surface area contributed by atoms with E-state index in [1.54, 1.807) is 67.6 Å². The van der Waals surface area contributed by atoms with Crippen LogP contribution in [0, 0.1) is 78.9 Å². The number of carbonyl (C=O) groups excluding carboxylic acids is 10. The van der Waals surface area contributed by atoms with Crippen molar-refractivity contribution in [2.45, 2.75) is 146 Å². The van der Waals surface area contributed by atoms with Crippen LogP contribution in [0.1, 0.15) is 89.5 Å². The van der Waals surface area contributed by atoms with E-state index in [2.05, 4.69) is 78.1 Å². The van der Waals surface area contributed by atoms with Gasteiger partial charge in [-0.25, -0.2) is 43.9 Å². The van der Waals surface area contributed by atoms with Crippen LogP contribution in [0.25, 0.3) is 111 Å². The van der Waals surface area contributed by atoms with E-state index in [4.69, 9.17) is 16.3 Å². The van der Waals surface area contributed by atoms with Gasteiger partial charge in [0.25, 0.3) is 0 Å². The van der Waals surface area contributed by atoms with Crippen molar-refractivity contribution in [2.75, 3.05) is 39.8 Å². The van der Waals surface area contributed by atoms with Crippen LogP contribution < -0.4 is 57.9 Å². The number of nitrogens with one attached hydrogen (secondary N) is 15. The third kappa shape index (κ3) is 24.7. The second kappa shape index (κ2) is 46.3. The van der Waals surface area contributed by atoms with Gasteiger partial charge in [-0.3, -0.25) is 47.9 Å². The normalized spacial score (nSPS) is 17.6. The van der Waals surface area contributed by atoms with Gasteiger partial charge in [0.1, 0.15) is 112 Å². The molecule has 0 saturated carbocycles. The second-order valence-corrected chi connectivity index (χ2v) is 37.1. The zero-order valence-corrected chi connectivity index (χ0v) is 81.2. The number of ether oxygens (including phenoxy) is 1. The molecular formula is C109H102ClF10N15O14. The summed E-state index contributed by atoms with van der Waals surface area (Å²) < 4.78 is 143. The van der Waals surface area contributed by atoms with Gasteiger partial charge in [0.2, 0.25) is 59.1 Å². The number of aliphatic hydroxyl groups excluding tert-OH is 3. The number of hydrogen-bond donors (Lipinski definition) is 18. The SMILES string of the molecule is COc1cc(F)cc2c(CCC(=O)N[C@@H]3C(=O)NC[C@H]3O)c(-c3ccc(F)cc3)[nH]c12.Cc1cc(F)cc2c(CCC(=O)N[C@@H]3C(=O)NC[C@H]3O)c(-c3ccc(F)cc3)[nH]c12.Cc1cc(F)cc2c(CCC(=O)N[C@H]3CCNC3=O)c(-c3ccc(F)cc3)[nH]c12.Cc1cc(F)cc2c(CCC(=O)N[C@H]3CCNC3=O)c(-c3ccc(F)cc3)[nH]c12.O=C(CCc1c(-c2ccc(F)cc2)[nH]c2c(Cl)cc(F)cc12)N[C@@H]1C(=O)NC[C@H]1O. The van der Waals surface area contributed by atoms with Gasteiger partial charge in [-0.05, 0) is 314 Å². The number of H-pyrrole nitrogens is 5. The lowest BCUT2D eigenvalue weighted by Crippen LogP contribution is -2.45. The van der Waals surface area contributed by atoms with Crippen molar-refractivity contribution < 1.29 is 112 Å². The summed E-state index contributed by atoms with van der Waals surface area (Å²) in [4.78, 5) is 137. The Kier molecular flexibility index (Phi) is 32.8. The molecule has 8 atom stereocenters. The maximum Gasteiger partial charge on any atom is 0.245 e. The van der Waals surface area contributed by atoms with Crippen molar-refractivity contribution in [3.8, 4) is 62.0 Å². The number of methoxy groups -OCH3 is 1. The molecule has 0 spiro atoms. The lowest BCUT2D eigenvalue weighted by atomic mass is 10.00. The summed E-state index contributed by atoms with van der Waals surface area (Å²) in [6, 6.07) is 39.3. The lowest BCUT2D eigenvalue weighted by molar-refractivity contribution is -0.128. The Morgan fingerprint density at radius 3 is 0.792 bits per heavy atom. The number of β-amino-alcohol motifs (C(OH)–C–C–N with tert-alkyl or cyclic N) is 3. The van der Waals surface area contributed by atoms with Crippen molar-refractivity contribution in [2.24, 2.45) is 0 Å². The summed E-state index contributed by atoms with van der Waals surface area (Å²) in [6.07, 6.45) is -0.0613. The quantitative estimate of drug-likeness (QED) is 0.0224. The predicted molar refractivity (Wildman–Crippen MR) is 538 cm³/mol. The van der Waals surface area contributed by atoms with Crippen molar-refractivity contribution in [3.05, 3.63) is 290 Å². The van der Waals surface area contributed by atoms with Gasteiger partial charge in [0.05, 0.1) is 23.2 Å². The molecule has 18 N–H and O–H groups in total. The van der Waals surface area contributed by atoms with E-state index in [-0.39, 0.29) is 135 Å². The average molecular weight is 2070 g/mol. The predicted octanol–water partition coefficient (Wildman–Crippen LogP) is 13.8. The van der Waals surface area contributed by atoms with E-state index >= 15 is 0 Å². The third-order valence-electron chi connectivity index (χ3n) is 26.5. The van der Waals surface area contributed by atoms with Crippen molar-refractivity contribution in [1.82, 2.24) is 78.1 Å². The molecule has 15 aromatic rings. The molecule has 0 aliphatic carbocycles. The summed E-state index contributed by atoms with van der Waals surface area (Å²) in [5.41, 5.74) is 16.2. The number of carbonyl (C=O) groups is 10. The zero-order valence-electron chi connectivity index (χ0n) is 80.5. The molecule has 20 rings (SSSR count). The van der Waals surface area contributed by atoms with Gasteiger partial charge < -0.3 is 98.1 Å². The highest BCUT2D eigenvalue weighted by Crippen LogP contribution is 2.42. The van der Waals surface area contributed by atoms with Gasteiger partial charge in [0.15, 0.2) is 0 Å². The van der Waals surface area contributed by atoms with Gasteiger partial charge in [-0.15, -0.1) is 0 Å². The maximum atomic E-state index is 14.2. The first-order valence-electron chi connectivity index (χ1n) is 47.9. The third-order valence-corrected chi connectivity index (χ3v) is 26.8. The topological polar surface area (TPSA) is 440 Å². The molecule has 5 aliphatic heterocycles. The van der Waals surface area contributed by atoms with Gasteiger partial charge in [-0.1, -0.05) is 11.6 Å². The summed E-state index contributed by atoms with van der Waals surface area (Å²) >= 11 is 6.19. The molecule has 5 fully saturated rings. The lowest BCUT2D eigenvalue weighted by Gasteiger charge is -2.14. The number of fused-ring (bicyclic) bond motifs is 5. The van der Waals surface area contributed by atoms with E-state index in [1.807, 2.05) is 13.8 Å². The van der Waals surface area contributed by atoms with Gasteiger partial charge in [-0.2, -0.15) is 0 Å². The van der Waals surface area contributed by atoms with Crippen LogP contribution >= 0.6 is 11.6 Å². The highest BCUT2D eigenvalue weighted by molar-refractivity contribution is 6.35. The number of hydrogen-bond acceptors (Lipinski definition) is 14. The van der Waals surface area contributed by atoms with Crippen LogP contribution in [0.2, 0.25) is 5.02 Å². The van der Waals surface area contributed by atoms with Crippen LogP contribution in [-0.2, 0) is 80.0 Å². The fourth-order valence-corrected chi connectivity index (χ4v) is 19.3. The first-order chi connectivity index (χ1) is 71.4. The summed E-state index contributed by atoms with van der Waals surface area (Å²) in [5.74, 6) is -7.03. The Balaban J connectivity index is 0.000000133. The molecule has 5 aliphatic rings. The number of aryl methyl sites for hydroxylation is 8. The van der Waals surface area contributed by atoms with Crippen LogP contribution in [0.3, 0.4) is 0 Å². The molecular weight excluding hydrogens is 1970 g/mol. The largest absolute Gasteiger partial charge is 0.494 e. The van der Waals surface area contributed by atoms with E-state index in [9.17, 15) is 107 Å². The second-order valence-electron chi connectivity index (χ2n) is 36.7. The Morgan fingerprint density at radius 2 is 0.544 bits per heavy atom. The molecule has 149 heavy (non-hydrogen) atoms. The minimum absolute atomic E-state index is 0.00350. The highest BCUT2D eigenvalue weighted by Gasteiger charge is 2.39. The Morgan fingerprint density at radius 1 is 0.309 bits per heavy atom. The van der Waals surface area contributed by atoms with Crippen molar-refractivity contribution in [1.29, 1.82) is 0 Å². The molecule has 10 heterocycles. The summed E-state index contributed by atoms with van der Waals surface area (Å²) in [6.45, 7) is 6.78. The van der Waals surface area contributed by atoms with E-state index in [1.165, 1.54) is 128 Å². The van der Waals surface area contributed by atoms with Crippen LogP contribution in [0.5, 0.6) is 5.75 Å². The van der Waals surface area contributed by atoms with Crippen LogP contribution in [0.15, 0.2) is 182 Å².